The van der Waals surface area contributed by atoms with Crippen molar-refractivity contribution in [2.75, 3.05) is 42.9 Å². The lowest BCUT2D eigenvalue weighted by Gasteiger charge is -2.35. The van der Waals surface area contributed by atoms with Gasteiger partial charge >= 0.3 is 0 Å². The first-order valence-electron chi connectivity index (χ1n) is 10.6. The maximum atomic E-state index is 12.6. The molecule has 0 radical (unpaired) electrons. The van der Waals surface area contributed by atoms with Gasteiger partial charge in [0.1, 0.15) is 0 Å². The molecule has 2 aromatic carbocycles. The van der Waals surface area contributed by atoms with Gasteiger partial charge in [-0.05, 0) is 54.9 Å². The predicted molar refractivity (Wildman–Crippen MR) is 121 cm³/mol. The quantitative estimate of drug-likeness (QED) is 0.684. The van der Waals surface area contributed by atoms with E-state index in [4.69, 9.17) is 0 Å². The van der Waals surface area contributed by atoms with Gasteiger partial charge in [0.2, 0.25) is 5.91 Å². The van der Waals surface area contributed by atoms with Gasteiger partial charge in [-0.1, -0.05) is 25.1 Å². The van der Waals surface area contributed by atoms with E-state index in [2.05, 4.69) is 46.2 Å². The SMILES string of the molecule is CCN1CCN(c2ccc(NC(=O)Cc3cnn(-c4ccccc4)c3)c(C)c2)CC1. The van der Waals surface area contributed by atoms with E-state index in [9.17, 15) is 4.79 Å². The molecule has 6 nitrogen and oxygen atoms in total. The van der Waals surface area contributed by atoms with Crippen molar-refractivity contribution in [1.29, 1.82) is 0 Å². The lowest BCUT2D eigenvalue weighted by Crippen LogP contribution is -2.46. The van der Waals surface area contributed by atoms with E-state index >= 15 is 0 Å². The van der Waals surface area contributed by atoms with Crippen molar-refractivity contribution in [3.8, 4) is 5.69 Å². The molecule has 0 atom stereocenters. The lowest BCUT2D eigenvalue weighted by molar-refractivity contribution is -0.115. The van der Waals surface area contributed by atoms with Crippen LogP contribution < -0.4 is 10.2 Å². The molecule has 1 aliphatic heterocycles. The summed E-state index contributed by atoms with van der Waals surface area (Å²) in [5, 5.41) is 7.42. The number of carbonyl (C=O) groups excluding carboxylic acids is 1. The Balaban J connectivity index is 1.36. The number of amides is 1. The summed E-state index contributed by atoms with van der Waals surface area (Å²) in [6.07, 6.45) is 3.95. The minimum atomic E-state index is -0.0324. The first kappa shape index (κ1) is 20.2. The fourth-order valence-corrected chi connectivity index (χ4v) is 3.86. The molecule has 1 amide bonds. The third-order valence-electron chi connectivity index (χ3n) is 5.69. The monoisotopic (exact) mass is 403 g/mol. The fourth-order valence-electron chi connectivity index (χ4n) is 3.86. The van der Waals surface area contributed by atoms with Crippen LogP contribution >= 0.6 is 0 Å². The van der Waals surface area contributed by atoms with Crippen LogP contribution in [0.15, 0.2) is 60.9 Å². The van der Waals surface area contributed by atoms with E-state index in [-0.39, 0.29) is 5.91 Å². The molecule has 0 saturated carbocycles. The number of aromatic nitrogens is 2. The molecule has 30 heavy (non-hydrogen) atoms. The Morgan fingerprint density at radius 3 is 2.50 bits per heavy atom. The molecule has 156 valence electrons. The summed E-state index contributed by atoms with van der Waals surface area (Å²) in [5.74, 6) is -0.0324. The molecule has 1 saturated heterocycles. The normalized spacial score (nSPS) is 14.7. The number of para-hydroxylation sites is 1. The zero-order valence-electron chi connectivity index (χ0n) is 17.7. The Labute approximate surface area is 178 Å². The Hall–Kier alpha value is -3.12. The van der Waals surface area contributed by atoms with Crippen molar-refractivity contribution in [2.45, 2.75) is 20.3 Å². The summed E-state index contributed by atoms with van der Waals surface area (Å²) >= 11 is 0. The third-order valence-corrected chi connectivity index (χ3v) is 5.69. The van der Waals surface area contributed by atoms with Crippen LogP contribution in [-0.4, -0.2) is 53.3 Å². The molecule has 1 fully saturated rings. The smallest absolute Gasteiger partial charge is 0.228 e. The summed E-state index contributed by atoms with van der Waals surface area (Å²) in [4.78, 5) is 17.5. The van der Waals surface area contributed by atoms with Crippen LogP contribution in [0.2, 0.25) is 0 Å². The van der Waals surface area contributed by atoms with Gasteiger partial charge in [0.05, 0.1) is 18.3 Å². The van der Waals surface area contributed by atoms with Crippen molar-refractivity contribution in [3.05, 3.63) is 72.1 Å². The van der Waals surface area contributed by atoms with Gasteiger partial charge in [0.15, 0.2) is 0 Å². The average molecular weight is 404 g/mol. The van der Waals surface area contributed by atoms with Crippen LogP contribution in [0.5, 0.6) is 0 Å². The van der Waals surface area contributed by atoms with Gasteiger partial charge in [-0.2, -0.15) is 5.10 Å². The molecule has 1 aromatic heterocycles. The van der Waals surface area contributed by atoms with E-state index in [0.717, 1.165) is 55.2 Å². The highest BCUT2D eigenvalue weighted by atomic mass is 16.1. The summed E-state index contributed by atoms with van der Waals surface area (Å²) in [5.41, 5.74) is 5.05. The summed E-state index contributed by atoms with van der Waals surface area (Å²) in [6, 6.07) is 16.2. The molecule has 4 rings (SSSR count). The van der Waals surface area contributed by atoms with Crippen molar-refractivity contribution >= 4 is 17.3 Å². The Morgan fingerprint density at radius 1 is 1.03 bits per heavy atom. The second kappa shape index (κ2) is 9.13. The maximum absolute atomic E-state index is 12.6. The van der Waals surface area contributed by atoms with Crippen molar-refractivity contribution in [3.63, 3.8) is 0 Å². The number of anilines is 2. The van der Waals surface area contributed by atoms with E-state index < -0.39 is 0 Å². The highest BCUT2D eigenvalue weighted by Crippen LogP contribution is 2.24. The maximum Gasteiger partial charge on any atom is 0.228 e. The largest absolute Gasteiger partial charge is 0.369 e. The Morgan fingerprint density at radius 2 is 1.80 bits per heavy atom. The van der Waals surface area contributed by atoms with Crippen LogP contribution in [0.4, 0.5) is 11.4 Å². The summed E-state index contributed by atoms with van der Waals surface area (Å²) in [6.45, 7) is 9.67. The van der Waals surface area contributed by atoms with Crippen LogP contribution in [0, 0.1) is 6.92 Å². The molecule has 6 heteroatoms. The Kier molecular flexibility index (Phi) is 6.14. The standard InChI is InChI=1S/C24H29N5O/c1-3-27-11-13-28(14-12-27)22-9-10-23(19(2)15-22)26-24(30)16-20-17-25-29(18-20)21-7-5-4-6-8-21/h4-10,15,17-18H,3,11-14,16H2,1-2H3,(H,26,30). The number of hydrogen-bond donors (Lipinski definition) is 1. The van der Waals surface area contributed by atoms with Crippen molar-refractivity contribution in [2.24, 2.45) is 0 Å². The second-order valence-corrected chi connectivity index (χ2v) is 7.77. The third kappa shape index (κ3) is 4.71. The molecule has 3 aromatic rings. The number of rotatable bonds is 6. The molecule has 1 N–H and O–H groups in total. The number of carbonyl (C=O) groups is 1. The molecule has 0 aliphatic carbocycles. The molecule has 0 bridgehead atoms. The number of nitrogens with zero attached hydrogens (tertiary/aromatic N) is 4. The van der Waals surface area contributed by atoms with E-state index in [0.29, 0.717) is 6.42 Å². The summed E-state index contributed by atoms with van der Waals surface area (Å²) < 4.78 is 1.79. The van der Waals surface area contributed by atoms with Gasteiger partial charge in [0.25, 0.3) is 0 Å². The number of benzene rings is 2. The van der Waals surface area contributed by atoms with Crippen LogP contribution in [0.3, 0.4) is 0 Å². The first-order valence-corrected chi connectivity index (χ1v) is 10.6. The van der Waals surface area contributed by atoms with Gasteiger partial charge in [-0.25, -0.2) is 4.68 Å². The summed E-state index contributed by atoms with van der Waals surface area (Å²) in [7, 11) is 0. The van der Waals surface area contributed by atoms with Gasteiger partial charge in [0, 0.05) is 43.8 Å². The number of aryl methyl sites for hydroxylation is 1. The van der Waals surface area contributed by atoms with Gasteiger partial charge in [-0.3, -0.25) is 4.79 Å². The minimum absolute atomic E-state index is 0.0324. The lowest BCUT2D eigenvalue weighted by atomic mass is 10.1. The van der Waals surface area contributed by atoms with Crippen molar-refractivity contribution < 1.29 is 4.79 Å². The van der Waals surface area contributed by atoms with Gasteiger partial charge < -0.3 is 15.1 Å². The number of piperazine rings is 1. The second-order valence-electron chi connectivity index (χ2n) is 7.77. The molecule has 0 unspecified atom stereocenters. The van der Waals surface area contributed by atoms with Crippen LogP contribution in [0.25, 0.3) is 5.69 Å². The Bertz CT molecular complexity index is 990. The highest BCUT2D eigenvalue weighted by Gasteiger charge is 2.17. The van der Waals surface area contributed by atoms with Crippen molar-refractivity contribution in [1.82, 2.24) is 14.7 Å². The minimum Gasteiger partial charge on any atom is -0.369 e. The zero-order valence-corrected chi connectivity index (χ0v) is 17.7. The zero-order chi connectivity index (χ0) is 20.9. The van der Waals surface area contributed by atoms with E-state index in [1.54, 1.807) is 10.9 Å². The fraction of sp³-hybridized carbons (Fsp3) is 0.333. The number of likely N-dealkylation sites (N-methyl/N-ethyl adjacent to an activating group) is 1. The molecule has 1 aliphatic rings. The first-order chi connectivity index (χ1) is 14.6. The van der Waals surface area contributed by atoms with E-state index in [1.807, 2.05) is 42.6 Å². The van der Waals surface area contributed by atoms with Gasteiger partial charge in [-0.15, -0.1) is 0 Å². The molecule has 2 heterocycles. The van der Waals surface area contributed by atoms with Crippen LogP contribution in [0.1, 0.15) is 18.1 Å². The topological polar surface area (TPSA) is 53.4 Å². The number of nitrogens with one attached hydrogen (secondary N) is 1. The molecular weight excluding hydrogens is 374 g/mol. The molecular formula is C24H29N5O. The van der Waals surface area contributed by atoms with Crippen LogP contribution in [-0.2, 0) is 11.2 Å². The number of hydrogen-bond acceptors (Lipinski definition) is 4. The molecule has 0 spiro atoms. The van der Waals surface area contributed by atoms with E-state index in [1.165, 1.54) is 5.69 Å². The predicted octanol–water partition coefficient (Wildman–Crippen LogP) is 3.50. The average Bonchev–Trinajstić information content (AvgIpc) is 3.24. The highest BCUT2D eigenvalue weighted by molar-refractivity contribution is 5.93.